The first kappa shape index (κ1) is 20.5. The monoisotopic (exact) mass is 427 g/mol. The van der Waals surface area contributed by atoms with E-state index in [0.717, 1.165) is 11.1 Å². The van der Waals surface area contributed by atoms with Crippen molar-refractivity contribution in [1.82, 2.24) is 0 Å². The van der Waals surface area contributed by atoms with Crippen molar-refractivity contribution in [2.24, 2.45) is 0 Å². The Bertz CT molecular complexity index is 1100. The molecule has 0 atom stereocenters. The van der Waals surface area contributed by atoms with Crippen LogP contribution in [0, 0.1) is 11.3 Å². The number of hydrogen-bond acceptors (Lipinski definition) is 4. The molecule has 0 spiro atoms. The molecule has 0 aromatic heterocycles. The van der Waals surface area contributed by atoms with Crippen molar-refractivity contribution in [3.63, 3.8) is 0 Å². The summed E-state index contributed by atoms with van der Waals surface area (Å²) >= 11 is 12.7. The van der Waals surface area contributed by atoms with Crippen LogP contribution < -0.4 is 4.74 Å². The van der Waals surface area contributed by atoms with E-state index in [0.29, 0.717) is 33.2 Å². The summed E-state index contributed by atoms with van der Waals surface area (Å²) in [6.45, 7) is -0.491. The molecule has 0 saturated heterocycles. The minimum atomic E-state index is -1.10. The summed E-state index contributed by atoms with van der Waals surface area (Å²) in [5, 5.41) is 28.8. The molecule has 0 bridgehead atoms. The smallest absolute Gasteiger partial charge is 0.341 e. The van der Waals surface area contributed by atoms with Crippen molar-refractivity contribution in [2.45, 2.75) is 6.42 Å². The van der Waals surface area contributed by atoms with Crippen LogP contribution in [0.5, 0.6) is 11.5 Å². The van der Waals surface area contributed by atoms with E-state index in [9.17, 15) is 9.90 Å². The summed E-state index contributed by atoms with van der Waals surface area (Å²) in [6.07, 6.45) is 0.391. The van der Waals surface area contributed by atoms with Gasteiger partial charge in [0.2, 0.25) is 0 Å². The topological polar surface area (TPSA) is 90.5 Å². The molecule has 3 aromatic carbocycles. The second kappa shape index (κ2) is 8.87. The van der Waals surface area contributed by atoms with E-state index in [2.05, 4.69) is 6.07 Å². The summed E-state index contributed by atoms with van der Waals surface area (Å²) in [4.78, 5) is 10.6. The summed E-state index contributed by atoms with van der Waals surface area (Å²) in [5.74, 6) is -0.734. The lowest BCUT2D eigenvalue weighted by atomic mass is 9.97. The number of ether oxygens (including phenoxy) is 1. The van der Waals surface area contributed by atoms with Crippen molar-refractivity contribution in [2.75, 3.05) is 6.61 Å². The fourth-order valence-electron chi connectivity index (χ4n) is 2.86. The summed E-state index contributed by atoms with van der Waals surface area (Å²) in [6, 6.07) is 17.2. The molecule has 29 heavy (non-hydrogen) atoms. The molecule has 0 heterocycles. The van der Waals surface area contributed by atoms with Crippen LogP contribution in [0.25, 0.3) is 11.1 Å². The number of phenols is 1. The Kier molecular flexibility index (Phi) is 6.28. The largest absolute Gasteiger partial charge is 0.507 e. The zero-order valence-electron chi connectivity index (χ0n) is 15.0. The van der Waals surface area contributed by atoms with Crippen molar-refractivity contribution in [1.29, 1.82) is 5.26 Å². The lowest BCUT2D eigenvalue weighted by molar-refractivity contribution is -0.139. The number of aromatic hydroxyl groups is 1. The van der Waals surface area contributed by atoms with Gasteiger partial charge in [-0.1, -0.05) is 41.4 Å². The number of nitriles is 1. The molecular formula is C22H15Cl2NO4. The number of carboxylic acids is 1. The number of carbonyl (C=O) groups is 1. The zero-order valence-corrected chi connectivity index (χ0v) is 16.5. The Morgan fingerprint density at radius 1 is 1.07 bits per heavy atom. The van der Waals surface area contributed by atoms with Crippen LogP contribution in [0.1, 0.15) is 16.7 Å². The first-order valence-corrected chi connectivity index (χ1v) is 9.28. The Balaban J connectivity index is 1.91. The maximum absolute atomic E-state index is 10.6. The van der Waals surface area contributed by atoms with Gasteiger partial charge < -0.3 is 14.9 Å². The van der Waals surface area contributed by atoms with Crippen molar-refractivity contribution < 1.29 is 19.7 Å². The highest BCUT2D eigenvalue weighted by Crippen LogP contribution is 2.35. The predicted molar refractivity (Wildman–Crippen MR) is 111 cm³/mol. The van der Waals surface area contributed by atoms with Gasteiger partial charge in [-0.15, -0.1) is 0 Å². The lowest BCUT2D eigenvalue weighted by Crippen LogP contribution is -2.09. The van der Waals surface area contributed by atoms with E-state index in [4.69, 9.17) is 38.3 Å². The molecule has 2 N–H and O–H groups in total. The average molecular weight is 428 g/mol. The van der Waals surface area contributed by atoms with Crippen LogP contribution >= 0.6 is 23.2 Å². The van der Waals surface area contributed by atoms with E-state index in [1.54, 1.807) is 30.3 Å². The molecule has 0 aliphatic rings. The fraction of sp³-hybridized carbons (Fsp3) is 0.0909. The van der Waals surface area contributed by atoms with E-state index in [-0.39, 0.29) is 11.5 Å². The SMILES string of the molecule is N#Cc1cccc(-c2cc(Cc3c(Cl)cc(OCC(=O)O)cc3Cl)ccc2O)c1. The molecule has 0 fully saturated rings. The molecule has 146 valence electrons. The number of hydrogen-bond donors (Lipinski definition) is 2. The second-order valence-electron chi connectivity index (χ2n) is 6.27. The second-order valence-corrected chi connectivity index (χ2v) is 7.08. The lowest BCUT2D eigenvalue weighted by Gasteiger charge is -2.12. The molecule has 0 amide bonds. The van der Waals surface area contributed by atoms with E-state index >= 15 is 0 Å². The third kappa shape index (κ3) is 5.00. The van der Waals surface area contributed by atoms with Crippen molar-refractivity contribution >= 4 is 29.2 Å². The predicted octanol–water partition coefficient (Wildman–Crippen LogP) is 5.29. The van der Waals surface area contributed by atoms with Gasteiger partial charge in [0.25, 0.3) is 0 Å². The molecule has 0 saturated carbocycles. The Morgan fingerprint density at radius 3 is 2.45 bits per heavy atom. The maximum atomic E-state index is 10.6. The highest BCUT2D eigenvalue weighted by molar-refractivity contribution is 6.36. The first-order chi connectivity index (χ1) is 13.9. The number of benzene rings is 3. The quantitative estimate of drug-likeness (QED) is 0.557. The fourth-order valence-corrected chi connectivity index (χ4v) is 3.46. The van der Waals surface area contributed by atoms with Crippen LogP contribution in [0.2, 0.25) is 10.0 Å². The van der Waals surface area contributed by atoms with E-state index < -0.39 is 12.6 Å². The van der Waals surface area contributed by atoms with Crippen LogP contribution in [-0.2, 0) is 11.2 Å². The van der Waals surface area contributed by atoms with Gasteiger partial charge in [0, 0.05) is 22.0 Å². The maximum Gasteiger partial charge on any atom is 0.341 e. The molecule has 0 aliphatic carbocycles. The third-order valence-electron chi connectivity index (χ3n) is 4.22. The summed E-state index contributed by atoms with van der Waals surface area (Å²) < 4.78 is 5.12. The average Bonchev–Trinajstić information content (AvgIpc) is 2.70. The van der Waals surface area contributed by atoms with Gasteiger partial charge in [-0.2, -0.15) is 5.26 Å². The van der Waals surface area contributed by atoms with Gasteiger partial charge in [-0.25, -0.2) is 4.79 Å². The van der Waals surface area contributed by atoms with Gasteiger partial charge in [0.15, 0.2) is 6.61 Å². The number of nitrogens with zero attached hydrogens (tertiary/aromatic N) is 1. The molecule has 0 aliphatic heterocycles. The summed E-state index contributed by atoms with van der Waals surface area (Å²) in [5.41, 5.74) is 3.31. The molecule has 0 unspecified atom stereocenters. The molecule has 5 nitrogen and oxygen atoms in total. The van der Waals surface area contributed by atoms with Gasteiger partial charge in [0.1, 0.15) is 11.5 Å². The molecule has 7 heteroatoms. The van der Waals surface area contributed by atoms with Gasteiger partial charge >= 0.3 is 5.97 Å². The zero-order chi connectivity index (χ0) is 21.0. The number of rotatable bonds is 6. The van der Waals surface area contributed by atoms with Crippen LogP contribution in [-0.4, -0.2) is 22.8 Å². The minimum Gasteiger partial charge on any atom is -0.507 e. The van der Waals surface area contributed by atoms with Crippen LogP contribution in [0.15, 0.2) is 54.6 Å². The number of carboxylic acid groups (broad SMARTS) is 1. The number of phenolic OH excluding ortho intramolecular Hbond substituents is 1. The highest BCUT2D eigenvalue weighted by atomic mass is 35.5. The van der Waals surface area contributed by atoms with Crippen molar-refractivity contribution in [3.8, 4) is 28.7 Å². The van der Waals surface area contributed by atoms with Crippen molar-refractivity contribution in [3.05, 3.63) is 81.3 Å². The first-order valence-electron chi connectivity index (χ1n) is 8.52. The third-order valence-corrected chi connectivity index (χ3v) is 4.90. The standard InChI is InChI=1S/C22H15Cl2NO4/c23-19-9-16(29-12-22(27)28)10-20(24)18(19)8-13-4-5-21(26)17(7-13)15-3-1-2-14(6-15)11-25/h1-7,9-10,26H,8,12H2,(H,27,28). The Morgan fingerprint density at radius 2 is 1.79 bits per heavy atom. The summed E-state index contributed by atoms with van der Waals surface area (Å²) in [7, 11) is 0. The Labute approximate surface area is 177 Å². The molecule has 3 rings (SSSR count). The Hall–Kier alpha value is -3.20. The van der Waals surface area contributed by atoms with E-state index in [1.807, 2.05) is 12.1 Å². The highest BCUT2D eigenvalue weighted by Gasteiger charge is 2.13. The van der Waals surface area contributed by atoms with Gasteiger partial charge in [-0.3, -0.25) is 0 Å². The van der Waals surface area contributed by atoms with E-state index in [1.165, 1.54) is 12.1 Å². The minimum absolute atomic E-state index is 0.0958. The molecule has 3 aromatic rings. The molecular weight excluding hydrogens is 413 g/mol. The van der Waals surface area contributed by atoms with Crippen LogP contribution in [0.3, 0.4) is 0 Å². The van der Waals surface area contributed by atoms with Crippen LogP contribution in [0.4, 0.5) is 0 Å². The molecule has 0 radical (unpaired) electrons. The van der Waals surface area contributed by atoms with Gasteiger partial charge in [-0.05, 0) is 53.1 Å². The normalized spacial score (nSPS) is 10.4. The number of halogens is 2. The number of aliphatic carboxylic acids is 1. The van der Waals surface area contributed by atoms with Gasteiger partial charge in [0.05, 0.1) is 11.6 Å².